The van der Waals surface area contributed by atoms with Gasteiger partial charge in [0.25, 0.3) is 0 Å². The van der Waals surface area contributed by atoms with Crippen molar-refractivity contribution in [1.82, 2.24) is 4.89 Å². The minimum absolute atomic E-state index is 0.125. The molecule has 0 aliphatic rings. The van der Waals surface area contributed by atoms with E-state index in [1.165, 1.54) is 4.89 Å². The minimum Gasteiger partial charge on any atom is -0.302 e. The molecule has 1 aromatic carbocycles. The van der Waals surface area contributed by atoms with Crippen molar-refractivity contribution in [3.8, 4) is 0 Å². The van der Waals surface area contributed by atoms with E-state index in [4.69, 9.17) is 5.21 Å². The molecule has 2 N–H and O–H groups in total. The molecule has 1 aromatic rings. The van der Waals surface area contributed by atoms with Gasteiger partial charge in [0.15, 0.2) is 0 Å². The fraction of sp³-hybridized carbons (Fsp3) is 0.538. The Kier molecular flexibility index (Phi) is 4.61. The van der Waals surface area contributed by atoms with Crippen LogP contribution < -0.4 is 10.1 Å². The molecule has 6 heteroatoms. The van der Waals surface area contributed by atoms with Gasteiger partial charge < -0.3 is 5.21 Å². The lowest BCUT2D eigenvalue weighted by Gasteiger charge is -2.38. The fourth-order valence-corrected chi connectivity index (χ4v) is 5.05. The van der Waals surface area contributed by atoms with Crippen LogP contribution in [-0.4, -0.2) is 21.7 Å². The summed E-state index contributed by atoms with van der Waals surface area (Å²) in [5, 5.41) is 9.93. The standard InChI is InChI=1S/C13H23NO3SSi/c1-13(2,3)19(4,5)12-9-7-6-8-11(12)10-18(16,17)14-15/h6-9,14-15H,10H2,1-5H3. The molecule has 4 nitrogen and oxygen atoms in total. The van der Waals surface area contributed by atoms with E-state index in [9.17, 15) is 8.42 Å². The molecule has 1 rings (SSSR count). The van der Waals surface area contributed by atoms with Crippen molar-refractivity contribution in [3.05, 3.63) is 29.8 Å². The van der Waals surface area contributed by atoms with Gasteiger partial charge in [-0.05, 0) is 10.6 Å². The lowest BCUT2D eigenvalue weighted by atomic mass is 10.2. The second kappa shape index (κ2) is 5.36. The van der Waals surface area contributed by atoms with E-state index in [1.807, 2.05) is 24.3 Å². The van der Waals surface area contributed by atoms with Crippen LogP contribution >= 0.6 is 0 Å². The first-order valence-corrected chi connectivity index (χ1v) is 10.9. The Hall–Kier alpha value is -0.693. The first kappa shape index (κ1) is 16.4. The third-order valence-electron chi connectivity index (χ3n) is 4.05. The van der Waals surface area contributed by atoms with Crippen LogP contribution in [0.5, 0.6) is 0 Å². The highest BCUT2D eigenvalue weighted by atomic mass is 32.2. The van der Waals surface area contributed by atoms with Gasteiger partial charge in [-0.1, -0.05) is 68.2 Å². The Morgan fingerprint density at radius 3 is 2.21 bits per heavy atom. The maximum atomic E-state index is 11.6. The molecule has 0 saturated carbocycles. The van der Waals surface area contributed by atoms with Gasteiger partial charge in [-0.25, -0.2) is 8.42 Å². The van der Waals surface area contributed by atoms with Crippen LogP contribution in [0.15, 0.2) is 24.3 Å². The molecule has 0 unspecified atom stereocenters. The summed E-state index contributed by atoms with van der Waals surface area (Å²) in [7, 11) is -5.48. The van der Waals surface area contributed by atoms with Crippen LogP contribution in [0.4, 0.5) is 0 Å². The van der Waals surface area contributed by atoms with Crippen molar-refractivity contribution in [2.75, 3.05) is 0 Å². The SMILES string of the molecule is CC(C)(C)[Si](C)(C)c1ccccc1CS(=O)(=O)NO. The molecular weight excluding hydrogens is 278 g/mol. The van der Waals surface area contributed by atoms with Crippen molar-refractivity contribution in [2.45, 2.75) is 44.7 Å². The van der Waals surface area contributed by atoms with Crippen molar-refractivity contribution in [2.24, 2.45) is 0 Å². The highest BCUT2D eigenvalue weighted by Gasteiger charge is 2.38. The van der Waals surface area contributed by atoms with Crippen LogP contribution in [-0.2, 0) is 15.8 Å². The monoisotopic (exact) mass is 301 g/mol. The molecule has 0 aromatic heterocycles. The fourth-order valence-electron chi connectivity index (χ4n) is 1.90. The van der Waals surface area contributed by atoms with E-state index < -0.39 is 18.1 Å². The summed E-state index contributed by atoms with van der Waals surface area (Å²) in [6.07, 6.45) is 0. The summed E-state index contributed by atoms with van der Waals surface area (Å²) >= 11 is 0. The lowest BCUT2D eigenvalue weighted by Crippen LogP contribution is -2.51. The molecule has 0 aliphatic carbocycles. The minimum atomic E-state index is -3.67. The van der Waals surface area contributed by atoms with E-state index in [0.717, 1.165) is 10.8 Å². The van der Waals surface area contributed by atoms with E-state index >= 15 is 0 Å². The second-order valence-electron chi connectivity index (χ2n) is 6.38. The van der Waals surface area contributed by atoms with Crippen LogP contribution in [0, 0.1) is 0 Å². The maximum absolute atomic E-state index is 11.6. The van der Waals surface area contributed by atoms with Crippen LogP contribution in [0.3, 0.4) is 0 Å². The summed E-state index contributed by atoms with van der Waals surface area (Å²) in [6, 6.07) is 7.61. The smallest absolute Gasteiger partial charge is 0.237 e. The number of rotatable bonds is 4. The first-order valence-electron chi connectivity index (χ1n) is 6.23. The molecule has 0 bridgehead atoms. The molecule has 0 radical (unpaired) electrons. The Morgan fingerprint density at radius 2 is 1.74 bits per heavy atom. The molecule has 0 atom stereocenters. The zero-order chi connectivity index (χ0) is 14.9. The molecule has 19 heavy (non-hydrogen) atoms. The Bertz CT molecular complexity index is 547. The summed E-state index contributed by atoms with van der Waals surface area (Å²) in [5.74, 6) is -0.188. The number of hydrogen-bond acceptors (Lipinski definition) is 3. The van der Waals surface area contributed by atoms with Crippen molar-refractivity contribution >= 4 is 23.3 Å². The number of nitrogens with one attached hydrogen (secondary N) is 1. The summed E-state index contributed by atoms with van der Waals surface area (Å²) in [5.41, 5.74) is 0.774. The predicted molar refractivity (Wildman–Crippen MR) is 80.8 cm³/mol. The van der Waals surface area contributed by atoms with Gasteiger partial charge in [-0.3, -0.25) is 0 Å². The van der Waals surface area contributed by atoms with Gasteiger partial charge in [0, 0.05) is 0 Å². The molecular formula is C13H23NO3SSi. The van der Waals surface area contributed by atoms with Gasteiger partial charge in [-0.2, -0.15) is 0 Å². The van der Waals surface area contributed by atoms with E-state index in [2.05, 4.69) is 33.9 Å². The second-order valence-corrected chi connectivity index (χ2v) is 13.4. The van der Waals surface area contributed by atoms with E-state index in [-0.39, 0.29) is 10.8 Å². The van der Waals surface area contributed by atoms with Crippen molar-refractivity contribution in [3.63, 3.8) is 0 Å². The number of benzene rings is 1. The van der Waals surface area contributed by atoms with Gasteiger partial charge >= 0.3 is 0 Å². The quantitative estimate of drug-likeness (QED) is 0.662. The lowest BCUT2D eigenvalue weighted by molar-refractivity contribution is 0.242. The zero-order valence-corrected chi connectivity index (χ0v) is 14.0. The maximum Gasteiger partial charge on any atom is 0.237 e. The van der Waals surface area contributed by atoms with Gasteiger partial charge in [-0.15, -0.1) is 0 Å². The number of sulfonamides is 1. The van der Waals surface area contributed by atoms with Crippen LogP contribution in [0.2, 0.25) is 18.1 Å². The molecule has 0 spiro atoms. The third kappa shape index (κ3) is 3.66. The normalized spacial score (nSPS) is 13.6. The van der Waals surface area contributed by atoms with Crippen LogP contribution in [0.1, 0.15) is 26.3 Å². The summed E-state index contributed by atoms with van der Waals surface area (Å²) in [4.78, 5) is 1.39. The Labute approximate surface area is 116 Å². The summed E-state index contributed by atoms with van der Waals surface area (Å²) in [6.45, 7) is 11.0. The van der Waals surface area contributed by atoms with Crippen molar-refractivity contribution < 1.29 is 13.6 Å². The molecule has 0 amide bonds. The zero-order valence-electron chi connectivity index (χ0n) is 12.2. The third-order valence-corrected chi connectivity index (χ3v) is 10.6. The average molecular weight is 301 g/mol. The van der Waals surface area contributed by atoms with Gasteiger partial charge in [0.05, 0.1) is 13.8 Å². The summed E-state index contributed by atoms with van der Waals surface area (Å²) < 4.78 is 23.1. The first-order chi connectivity index (χ1) is 8.51. The van der Waals surface area contributed by atoms with Crippen LogP contribution in [0.25, 0.3) is 0 Å². The molecule has 0 heterocycles. The highest BCUT2D eigenvalue weighted by molar-refractivity contribution is 7.88. The topological polar surface area (TPSA) is 66.4 Å². The molecule has 0 fully saturated rings. The Morgan fingerprint density at radius 1 is 1.21 bits per heavy atom. The number of hydrogen-bond donors (Lipinski definition) is 2. The molecule has 0 saturated heterocycles. The highest BCUT2D eigenvalue weighted by Crippen LogP contribution is 2.36. The largest absolute Gasteiger partial charge is 0.302 e. The molecule has 0 aliphatic heterocycles. The molecule has 108 valence electrons. The van der Waals surface area contributed by atoms with Gasteiger partial charge in [0.2, 0.25) is 10.0 Å². The predicted octanol–water partition coefficient (Wildman–Crippen LogP) is 2.21. The average Bonchev–Trinajstić information content (AvgIpc) is 2.27. The van der Waals surface area contributed by atoms with E-state index in [0.29, 0.717) is 0 Å². The Balaban J connectivity index is 3.32. The van der Waals surface area contributed by atoms with Crippen molar-refractivity contribution in [1.29, 1.82) is 0 Å². The van der Waals surface area contributed by atoms with E-state index in [1.54, 1.807) is 0 Å². The van der Waals surface area contributed by atoms with Gasteiger partial charge in [0.1, 0.15) is 0 Å².